The number of piperidine rings is 1. The third-order valence-electron chi connectivity index (χ3n) is 4.66. The van der Waals surface area contributed by atoms with Gasteiger partial charge in [-0.1, -0.05) is 54.1 Å². The van der Waals surface area contributed by atoms with Crippen LogP contribution >= 0.6 is 11.6 Å². The minimum absolute atomic E-state index is 0.272. The summed E-state index contributed by atoms with van der Waals surface area (Å²) in [4.78, 5) is 0. The molecule has 2 aromatic carbocycles. The molecule has 1 aliphatic heterocycles. The zero-order chi connectivity index (χ0) is 17.5. The van der Waals surface area contributed by atoms with Gasteiger partial charge in [0.25, 0.3) is 0 Å². The first kappa shape index (κ1) is 17.6. The zero-order valence-electron chi connectivity index (χ0n) is 14.0. The van der Waals surface area contributed by atoms with Gasteiger partial charge in [0.15, 0.2) is 0 Å². The fourth-order valence-corrected chi connectivity index (χ4v) is 3.31. The number of nitrogens with one attached hydrogen (secondary N) is 1. The van der Waals surface area contributed by atoms with E-state index >= 15 is 0 Å². The molecule has 5 nitrogen and oxygen atoms in total. The average Bonchev–Trinajstić information content (AvgIpc) is 2.67. The zero-order valence-corrected chi connectivity index (χ0v) is 14.8. The molecule has 0 aromatic heterocycles. The van der Waals surface area contributed by atoms with Gasteiger partial charge in [0, 0.05) is 5.02 Å². The molecule has 0 spiro atoms. The molecule has 25 heavy (non-hydrogen) atoms. The van der Waals surface area contributed by atoms with Crippen molar-refractivity contribution in [3.63, 3.8) is 0 Å². The third-order valence-corrected chi connectivity index (χ3v) is 4.91. The van der Waals surface area contributed by atoms with Crippen molar-refractivity contribution in [1.82, 2.24) is 5.32 Å². The molecule has 3 rings (SSSR count). The van der Waals surface area contributed by atoms with Crippen LogP contribution in [0.2, 0.25) is 5.02 Å². The predicted molar refractivity (Wildman–Crippen MR) is 102 cm³/mol. The van der Waals surface area contributed by atoms with Crippen molar-refractivity contribution in [2.45, 2.75) is 24.8 Å². The van der Waals surface area contributed by atoms with E-state index in [-0.39, 0.29) is 5.41 Å². The summed E-state index contributed by atoms with van der Waals surface area (Å²) >= 11 is 5.88. The molecular weight excluding hydrogens is 334 g/mol. The van der Waals surface area contributed by atoms with Crippen molar-refractivity contribution in [1.29, 1.82) is 0 Å². The Balaban J connectivity index is 1.75. The highest BCUT2D eigenvalue weighted by atomic mass is 35.5. The first-order valence-electron chi connectivity index (χ1n) is 8.42. The monoisotopic (exact) mass is 355 g/mol. The van der Waals surface area contributed by atoms with Crippen LogP contribution in [0, 0.1) is 0 Å². The summed E-state index contributed by atoms with van der Waals surface area (Å²) in [5.41, 5.74) is 8.31. The number of hydrogen-bond donors (Lipinski definition) is 2. The maximum absolute atomic E-state index is 6.37. The lowest BCUT2D eigenvalue weighted by Gasteiger charge is -2.37. The van der Waals surface area contributed by atoms with E-state index in [1.54, 1.807) is 0 Å². The molecule has 0 radical (unpaired) electrons. The van der Waals surface area contributed by atoms with Crippen LogP contribution in [0.3, 0.4) is 0 Å². The number of nitrogens with two attached hydrogens (primary N) is 1. The normalized spacial score (nSPS) is 17.7. The summed E-state index contributed by atoms with van der Waals surface area (Å²) in [6.45, 7) is 2.27. The molecule has 3 N–H and O–H groups in total. The summed E-state index contributed by atoms with van der Waals surface area (Å²) in [6, 6.07) is 17.8. The highest BCUT2D eigenvalue weighted by Crippen LogP contribution is 2.33. The number of nitrogens with zero attached hydrogens (tertiary/aromatic N) is 3. The molecule has 0 aliphatic carbocycles. The minimum atomic E-state index is -0.272. The van der Waals surface area contributed by atoms with Crippen LogP contribution in [0.15, 0.2) is 70.0 Å². The van der Waals surface area contributed by atoms with Crippen molar-refractivity contribution in [3.05, 3.63) is 70.7 Å². The van der Waals surface area contributed by atoms with E-state index in [0.29, 0.717) is 17.4 Å². The van der Waals surface area contributed by atoms with Gasteiger partial charge in [-0.15, -0.1) is 5.10 Å². The molecule has 0 amide bonds. The quantitative estimate of drug-likeness (QED) is 0.369. The van der Waals surface area contributed by atoms with Gasteiger partial charge in [0.2, 0.25) is 0 Å². The number of benzene rings is 2. The van der Waals surface area contributed by atoms with Crippen LogP contribution in [0.5, 0.6) is 0 Å². The van der Waals surface area contributed by atoms with Crippen molar-refractivity contribution >= 4 is 17.4 Å². The Morgan fingerprint density at radius 1 is 1.04 bits per heavy atom. The van der Waals surface area contributed by atoms with Gasteiger partial charge >= 0.3 is 0 Å². The van der Waals surface area contributed by atoms with Crippen molar-refractivity contribution < 1.29 is 0 Å². The van der Waals surface area contributed by atoms with Gasteiger partial charge in [-0.2, -0.15) is 5.11 Å². The standard InChI is InChI=1S/C19H22ClN5/c20-17-8-6-15(7-9-17)14-23-25-24-18(21)19(10-12-22-13-11-19)16-4-2-1-3-5-16/h1-9,22H,10-14H2,(H2,21,23,24). The summed E-state index contributed by atoms with van der Waals surface area (Å²) in [7, 11) is 0. The summed E-state index contributed by atoms with van der Waals surface area (Å²) in [5, 5.41) is 16.4. The topological polar surface area (TPSA) is 75.1 Å². The molecular formula is C19H22ClN5. The van der Waals surface area contributed by atoms with E-state index < -0.39 is 0 Å². The molecule has 0 atom stereocenters. The molecule has 1 fully saturated rings. The van der Waals surface area contributed by atoms with E-state index in [1.807, 2.05) is 42.5 Å². The molecule has 1 heterocycles. The van der Waals surface area contributed by atoms with E-state index in [4.69, 9.17) is 17.3 Å². The van der Waals surface area contributed by atoms with Gasteiger partial charge in [0.05, 0.1) is 12.0 Å². The van der Waals surface area contributed by atoms with E-state index in [2.05, 4.69) is 32.9 Å². The average molecular weight is 356 g/mol. The molecule has 1 saturated heterocycles. The highest BCUT2D eigenvalue weighted by molar-refractivity contribution is 6.30. The van der Waals surface area contributed by atoms with Gasteiger partial charge in [-0.3, -0.25) is 0 Å². The van der Waals surface area contributed by atoms with Crippen LogP contribution in [0.25, 0.3) is 0 Å². The highest BCUT2D eigenvalue weighted by Gasteiger charge is 2.38. The smallest absolute Gasteiger partial charge is 0.134 e. The van der Waals surface area contributed by atoms with Crippen LogP contribution in [-0.2, 0) is 12.0 Å². The maximum Gasteiger partial charge on any atom is 0.134 e. The fraction of sp³-hybridized carbons (Fsp3) is 0.316. The Morgan fingerprint density at radius 2 is 1.72 bits per heavy atom. The SMILES string of the molecule is N/C(=N\N=NCc1ccc(Cl)cc1)C1(c2ccccc2)CCNCC1. The molecule has 0 bridgehead atoms. The van der Waals surface area contributed by atoms with E-state index in [0.717, 1.165) is 31.5 Å². The van der Waals surface area contributed by atoms with E-state index in [9.17, 15) is 0 Å². The molecule has 1 aliphatic rings. The van der Waals surface area contributed by atoms with Gasteiger partial charge in [-0.05, 0) is 54.4 Å². The second-order valence-electron chi connectivity index (χ2n) is 6.20. The number of amidine groups is 1. The lowest BCUT2D eigenvalue weighted by atomic mass is 9.72. The predicted octanol–water partition coefficient (Wildman–Crippen LogP) is 3.89. The van der Waals surface area contributed by atoms with Crippen LogP contribution < -0.4 is 11.1 Å². The minimum Gasteiger partial charge on any atom is -0.385 e. The Bertz CT molecular complexity index is 734. The first-order chi connectivity index (χ1) is 12.2. The van der Waals surface area contributed by atoms with Crippen LogP contribution in [-0.4, -0.2) is 18.9 Å². The molecule has 0 unspecified atom stereocenters. The van der Waals surface area contributed by atoms with Crippen molar-refractivity contribution in [2.75, 3.05) is 13.1 Å². The largest absolute Gasteiger partial charge is 0.385 e. The number of rotatable bonds is 5. The Kier molecular flexibility index (Phi) is 5.79. The Morgan fingerprint density at radius 3 is 2.40 bits per heavy atom. The summed E-state index contributed by atoms with van der Waals surface area (Å²) in [5.74, 6) is 0.528. The third kappa shape index (κ3) is 4.24. The first-order valence-corrected chi connectivity index (χ1v) is 8.80. The number of hydrogen-bond acceptors (Lipinski definition) is 3. The molecule has 130 valence electrons. The maximum atomic E-state index is 6.37. The Labute approximate surface area is 153 Å². The number of halogens is 1. The molecule has 6 heteroatoms. The summed E-state index contributed by atoms with van der Waals surface area (Å²) < 4.78 is 0. The lowest BCUT2D eigenvalue weighted by molar-refractivity contribution is 0.393. The van der Waals surface area contributed by atoms with Crippen LogP contribution in [0.4, 0.5) is 0 Å². The fourth-order valence-electron chi connectivity index (χ4n) is 3.18. The molecule has 2 aromatic rings. The lowest BCUT2D eigenvalue weighted by Crippen LogP contribution is -2.48. The van der Waals surface area contributed by atoms with Gasteiger partial charge in [-0.25, -0.2) is 0 Å². The Hall–Kier alpha value is -2.24. The van der Waals surface area contributed by atoms with Gasteiger partial charge in [0.1, 0.15) is 5.84 Å². The van der Waals surface area contributed by atoms with E-state index in [1.165, 1.54) is 5.56 Å². The summed E-state index contributed by atoms with van der Waals surface area (Å²) in [6.07, 6.45) is 1.80. The second-order valence-corrected chi connectivity index (χ2v) is 6.64. The van der Waals surface area contributed by atoms with Gasteiger partial charge < -0.3 is 11.1 Å². The van der Waals surface area contributed by atoms with Crippen LogP contribution in [0.1, 0.15) is 24.0 Å². The second kappa shape index (κ2) is 8.23. The van der Waals surface area contributed by atoms with Crippen molar-refractivity contribution in [2.24, 2.45) is 21.2 Å². The van der Waals surface area contributed by atoms with Crippen molar-refractivity contribution in [3.8, 4) is 0 Å². The molecule has 0 saturated carbocycles.